The Morgan fingerprint density at radius 3 is 2.19 bits per heavy atom. The monoisotopic (exact) mass is 447 g/mol. The van der Waals surface area contributed by atoms with E-state index in [0.717, 1.165) is 38.9 Å². The summed E-state index contributed by atoms with van der Waals surface area (Å²) in [4.78, 5) is 30.5. The number of ether oxygens (including phenoxy) is 1. The van der Waals surface area contributed by atoms with Gasteiger partial charge in [0.15, 0.2) is 0 Å². The van der Waals surface area contributed by atoms with Gasteiger partial charge in [0.05, 0.1) is 0 Å². The first-order valence-corrected chi connectivity index (χ1v) is 11.9. The SMILES string of the molecule is CCN(CC)CCN(C(=O)OC(C)(C)C)C(Cc1ccccc1)C1CCN(C(=O)O)CC1. The number of nitrogens with zero attached hydrogens (tertiary/aromatic N) is 3. The fourth-order valence-electron chi connectivity index (χ4n) is 4.36. The summed E-state index contributed by atoms with van der Waals surface area (Å²) in [5, 5.41) is 9.36. The number of amides is 2. The van der Waals surface area contributed by atoms with Crippen LogP contribution in [0.15, 0.2) is 30.3 Å². The summed E-state index contributed by atoms with van der Waals surface area (Å²) in [6, 6.07) is 10.2. The van der Waals surface area contributed by atoms with Gasteiger partial charge in [0, 0.05) is 32.2 Å². The molecule has 0 aromatic heterocycles. The molecule has 7 nitrogen and oxygen atoms in total. The van der Waals surface area contributed by atoms with Crippen molar-refractivity contribution in [3.8, 4) is 0 Å². The number of hydrogen-bond donors (Lipinski definition) is 1. The largest absolute Gasteiger partial charge is 0.465 e. The Hall–Kier alpha value is -2.28. The van der Waals surface area contributed by atoms with Crippen molar-refractivity contribution in [2.75, 3.05) is 39.3 Å². The Bertz CT molecular complexity index is 708. The summed E-state index contributed by atoms with van der Waals surface area (Å²) in [6.07, 6.45) is 1.07. The standard InChI is InChI=1S/C25H41N3O4/c1-6-26(7-2)17-18-28(24(31)32-25(3,4)5)22(19-20-11-9-8-10-12-20)21-13-15-27(16-14-21)23(29)30/h8-12,21-22H,6-7,13-19H2,1-5H3,(H,29,30). The second-order valence-corrected chi connectivity index (χ2v) is 9.56. The molecule has 2 rings (SSSR count). The molecule has 1 unspecified atom stereocenters. The van der Waals surface area contributed by atoms with Crippen LogP contribution in [0.4, 0.5) is 9.59 Å². The minimum absolute atomic E-state index is 0.0428. The summed E-state index contributed by atoms with van der Waals surface area (Å²) in [7, 11) is 0. The molecule has 180 valence electrons. The summed E-state index contributed by atoms with van der Waals surface area (Å²) >= 11 is 0. The van der Waals surface area contributed by atoms with Crippen LogP contribution in [0.1, 0.15) is 53.0 Å². The van der Waals surface area contributed by atoms with Crippen molar-refractivity contribution in [1.29, 1.82) is 0 Å². The van der Waals surface area contributed by atoms with Gasteiger partial charge in [-0.25, -0.2) is 9.59 Å². The first-order chi connectivity index (χ1) is 15.1. The van der Waals surface area contributed by atoms with Crippen LogP contribution >= 0.6 is 0 Å². The van der Waals surface area contributed by atoms with Gasteiger partial charge in [-0.05, 0) is 64.6 Å². The summed E-state index contributed by atoms with van der Waals surface area (Å²) < 4.78 is 5.83. The van der Waals surface area contributed by atoms with Gasteiger partial charge in [0.2, 0.25) is 0 Å². The molecule has 1 N–H and O–H groups in total. The topological polar surface area (TPSA) is 73.3 Å². The van der Waals surface area contributed by atoms with E-state index in [1.807, 2.05) is 43.9 Å². The molecule has 0 aliphatic carbocycles. The van der Waals surface area contributed by atoms with E-state index < -0.39 is 11.7 Å². The predicted molar refractivity (Wildman–Crippen MR) is 127 cm³/mol. The van der Waals surface area contributed by atoms with Crippen molar-refractivity contribution in [3.63, 3.8) is 0 Å². The number of carbonyl (C=O) groups is 2. The molecule has 0 bridgehead atoms. The molecule has 1 heterocycles. The lowest BCUT2D eigenvalue weighted by molar-refractivity contribution is 0.00201. The van der Waals surface area contributed by atoms with Gasteiger partial charge < -0.3 is 24.5 Å². The van der Waals surface area contributed by atoms with Gasteiger partial charge >= 0.3 is 12.2 Å². The fraction of sp³-hybridized carbons (Fsp3) is 0.680. The Balaban J connectivity index is 2.30. The molecule has 1 fully saturated rings. The van der Waals surface area contributed by atoms with Crippen molar-refractivity contribution >= 4 is 12.2 Å². The van der Waals surface area contributed by atoms with Crippen LogP contribution in [0.3, 0.4) is 0 Å². The van der Waals surface area contributed by atoms with E-state index >= 15 is 0 Å². The number of benzene rings is 1. The van der Waals surface area contributed by atoms with E-state index in [-0.39, 0.29) is 18.1 Å². The Labute approximate surface area is 193 Å². The van der Waals surface area contributed by atoms with Gasteiger partial charge in [0.1, 0.15) is 5.60 Å². The summed E-state index contributed by atoms with van der Waals surface area (Å²) in [6.45, 7) is 14.2. The van der Waals surface area contributed by atoms with Crippen LogP contribution in [0, 0.1) is 5.92 Å². The third kappa shape index (κ3) is 8.01. The normalized spacial score (nSPS) is 16.1. The van der Waals surface area contributed by atoms with E-state index in [0.29, 0.717) is 19.6 Å². The maximum atomic E-state index is 13.4. The average Bonchev–Trinajstić information content (AvgIpc) is 2.75. The number of rotatable bonds is 9. The first kappa shape index (κ1) is 26.0. The molecule has 0 saturated carbocycles. The average molecular weight is 448 g/mol. The van der Waals surface area contributed by atoms with Crippen molar-refractivity contribution < 1.29 is 19.4 Å². The van der Waals surface area contributed by atoms with Crippen LogP contribution in [-0.4, -0.2) is 82.9 Å². The number of carboxylic acid groups (broad SMARTS) is 1. The molecule has 1 saturated heterocycles. The van der Waals surface area contributed by atoms with Gasteiger partial charge in [-0.1, -0.05) is 44.2 Å². The highest BCUT2D eigenvalue weighted by Crippen LogP contribution is 2.28. The van der Waals surface area contributed by atoms with Gasteiger partial charge in [-0.3, -0.25) is 0 Å². The van der Waals surface area contributed by atoms with E-state index in [1.165, 1.54) is 10.5 Å². The van der Waals surface area contributed by atoms with E-state index in [9.17, 15) is 14.7 Å². The van der Waals surface area contributed by atoms with E-state index in [4.69, 9.17) is 4.74 Å². The molecule has 0 spiro atoms. The van der Waals surface area contributed by atoms with Crippen LogP contribution in [-0.2, 0) is 11.2 Å². The number of likely N-dealkylation sites (tertiary alicyclic amines) is 1. The molecule has 2 amide bonds. The van der Waals surface area contributed by atoms with E-state index in [1.54, 1.807) is 0 Å². The van der Waals surface area contributed by atoms with Crippen molar-refractivity contribution in [3.05, 3.63) is 35.9 Å². The number of hydrogen-bond acceptors (Lipinski definition) is 4. The lowest BCUT2D eigenvalue weighted by Gasteiger charge is -2.41. The third-order valence-corrected chi connectivity index (χ3v) is 6.22. The predicted octanol–water partition coefficient (Wildman–Crippen LogP) is 4.57. The third-order valence-electron chi connectivity index (χ3n) is 6.22. The second kappa shape index (κ2) is 12.1. The Morgan fingerprint density at radius 2 is 1.69 bits per heavy atom. The molecule has 1 aliphatic rings. The van der Waals surface area contributed by atoms with Crippen LogP contribution in [0.2, 0.25) is 0 Å². The summed E-state index contributed by atoms with van der Waals surface area (Å²) in [5.74, 6) is 0.218. The molecule has 1 aliphatic heterocycles. The molecule has 1 atom stereocenters. The highest BCUT2D eigenvalue weighted by atomic mass is 16.6. The van der Waals surface area contributed by atoms with Gasteiger partial charge in [0.25, 0.3) is 0 Å². The van der Waals surface area contributed by atoms with Crippen LogP contribution in [0.5, 0.6) is 0 Å². The molecule has 0 radical (unpaired) electrons. The van der Waals surface area contributed by atoms with Crippen molar-refractivity contribution in [1.82, 2.24) is 14.7 Å². The zero-order chi connectivity index (χ0) is 23.7. The quantitative estimate of drug-likeness (QED) is 0.600. The number of piperidine rings is 1. The minimum atomic E-state index is -0.867. The smallest absolute Gasteiger partial charge is 0.410 e. The lowest BCUT2D eigenvalue weighted by Crippen LogP contribution is -2.52. The minimum Gasteiger partial charge on any atom is -0.465 e. The zero-order valence-corrected chi connectivity index (χ0v) is 20.4. The van der Waals surface area contributed by atoms with Crippen molar-refractivity contribution in [2.24, 2.45) is 5.92 Å². The van der Waals surface area contributed by atoms with Gasteiger partial charge in [-0.15, -0.1) is 0 Å². The second-order valence-electron chi connectivity index (χ2n) is 9.56. The molecule has 7 heteroatoms. The Kier molecular flexibility index (Phi) is 9.82. The Morgan fingerprint density at radius 1 is 1.09 bits per heavy atom. The number of carbonyl (C=O) groups excluding carboxylic acids is 1. The number of likely N-dealkylation sites (N-methyl/N-ethyl adjacent to an activating group) is 1. The fourth-order valence-corrected chi connectivity index (χ4v) is 4.36. The molecule has 1 aromatic rings. The maximum Gasteiger partial charge on any atom is 0.410 e. The molecule has 1 aromatic carbocycles. The van der Waals surface area contributed by atoms with Crippen LogP contribution < -0.4 is 0 Å². The molecule has 32 heavy (non-hydrogen) atoms. The highest BCUT2D eigenvalue weighted by Gasteiger charge is 2.36. The molecular formula is C25H41N3O4. The zero-order valence-electron chi connectivity index (χ0n) is 20.4. The van der Waals surface area contributed by atoms with Crippen LogP contribution in [0.25, 0.3) is 0 Å². The summed E-state index contributed by atoms with van der Waals surface area (Å²) in [5.41, 5.74) is 0.601. The maximum absolute atomic E-state index is 13.4. The molecular weight excluding hydrogens is 406 g/mol. The van der Waals surface area contributed by atoms with Crippen molar-refractivity contribution in [2.45, 2.75) is 65.5 Å². The van der Waals surface area contributed by atoms with Gasteiger partial charge in [-0.2, -0.15) is 0 Å². The van der Waals surface area contributed by atoms with E-state index in [2.05, 4.69) is 30.9 Å². The highest BCUT2D eigenvalue weighted by molar-refractivity contribution is 5.69. The lowest BCUT2D eigenvalue weighted by atomic mass is 9.85. The first-order valence-electron chi connectivity index (χ1n) is 11.9.